The van der Waals surface area contributed by atoms with E-state index in [9.17, 15) is 9.59 Å². The first-order valence-corrected chi connectivity index (χ1v) is 11.1. The molecular formula is C22H35N5O2. The highest BCUT2D eigenvalue weighted by Crippen LogP contribution is 2.24. The maximum atomic E-state index is 12.7. The molecule has 1 N–H and O–H groups in total. The first kappa shape index (κ1) is 21.6. The van der Waals surface area contributed by atoms with Crippen LogP contribution < -0.4 is 5.32 Å². The quantitative estimate of drug-likeness (QED) is 0.794. The lowest BCUT2D eigenvalue weighted by atomic mass is 9.93. The van der Waals surface area contributed by atoms with Crippen molar-refractivity contribution < 1.29 is 9.59 Å². The van der Waals surface area contributed by atoms with E-state index in [1.165, 1.54) is 0 Å². The van der Waals surface area contributed by atoms with Crippen LogP contribution in [-0.4, -0.2) is 76.9 Å². The fourth-order valence-corrected chi connectivity index (χ4v) is 4.50. The Hall–Kier alpha value is -2.15. The van der Waals surface area contributed by atoms with Gasteiger partial charge in [-0.05, 0) is 57.7 Å². The van der Waals surface area contributed by atoms with Crippen LogP contribution in [0.5, 0.6) is 0 Å². The molecule has 7 heteroatoms. The number of carbonyl (C=O) groups excluding carboxylic acids is 2. The topological polar surface area (TPSA) is 68.8 Å². The van der Waals surface area contributed by atoms with E-state index >= 15 is 0 Å². The molecular weight excluding hydrogens is 366 g/mol. The minimum absolute atomic E-state index is 0.0516. The van der Waals surface area contributed by atoms with Gasteiger partial charge in [0.25, 0.3) is 0 Å². The molecule has 1 atom stereocenters. The van der Waals surface area contributed by atoms with Crippen molar-refractivity contribution in [1.29, 1.82) is 0 Å². The van der Waals surface area contributed by atoms with Gasteiger partial charge in [-0.2, -0.15) is 0 Å². The number of hydrogen-bond donors (Lipinski definition) is 1. The number of carbonyl (C=O) groups is 2. The second-order valence-electron chi connectivity index (χ2n) is 8.09. The second-order valence-corrected chi connectivity index (χ2v) is 8.09. The Kier molecular flexibility index (Phi) is 7.86. The molecule has 0 radical (unpaired) electrons. The van der Waals surface area contributed by atoms with Gasteiger partial charge in [-0.15, -0.1) is 0 Å². The Balaban J connectivity index is 1.46. The third-order valence-corrected chi connectivity index (χ3v) is 6.30. The third-order valence-electron chi connectivity index (χ3n) is 6.30. The predicted octanol–water partition coefficient (Wildman–Crippen LogP) is 2.34. The first-order chi connectivity index (χ1) is 14.1. The molecule has 0 aromatic carbocycles. The monoisotopic (exact) mass is 401 g/mol. The van der Waals surface area contributed by atoms with Gasteiger partial charge in [-0.25, -0.2) is 4.79 Å². The lowest BCUT2D eigenvalue weighted by Gasteiger charge is -2.42. The summed E-state index contributed by atoms with van der Waals surface area (Å²) < 4.78 is 0. The van der Waals surface area contributed by atoms with Crippen LogP contribution in [0.2, 0.25) is 0 Å². The average Bonchev–Trinajstić information content (AvgIpc) is 2.79. The fraction of sp³-hybridized carbons (Fsp3) is 0.682. The van der Waals surface area contributed by atoms with Crippen molar-refractivity contribution in [1.82, 2.24) is 25.0 Å². The molecule has 0 aliphatic carbocycles. The standard InChI is InChI=1S/C22H35N5O2/c1-3-25(4-2)22(29)26-13-9-20(10-14-26)27-12-6-8-19(17-27)21(28)24-16-18-7-5-11-23-15-18/h5,7,11,15,19-20H,3-4,6,8-10,12-14,16-17H2,1-2H3,(H,24,28)/t19-/m1/s1. The molecule has 160 valence electrons. The molecule has 0 spiro atoms. The van der Waals surface area contributed by atoms with Gasteiger partial charge in [-0.3, -0.25) is 14.7 Å². The Bertz CT molecular complexity index is 656. The molecule has 3 amide bonds. The molecule has 2 aliphatic rings. The molecule has 1 aromatic rings. The molecule has 3 heterocycles. The zero-order valence-corrected chi connectivity index (χ0v) is 17.8. The van der Waals surface area contributed by atoms with E-state index in [2.05, 4.69) is 15.2 Å². The lowest BCUT2D eigenvalue weighted by Crippen LogP contribution is -2.53. The highest BCUT2D eigenvalue weighted by Gasteiger charge is 2.33. The van der Waals surface area contributed by atoms with E-state index in [-0.39, 0.29) is 17.9 Å². The summed E-state index contributed by atoms with van der Waals surface area (Å²) in [7, 11) is 0. The molecule has 2 fully saturated rings. The zero-order chi connectivity index (χ0) is 20.6. The van der Waals surface area contributed by atoms with Gasteiger partial charge in [0.2, 0.25) is 5.91 Å². The first-order valence-electron chi connectivity index (χ1n) is 11.1. The number of amides is 3. The molecule has 1 aromatic heterocycles. The Morgan fingerprint density at radius 2 is 1.93 bits per heavy atom. The summed E-state index contributed by atoms with van der Waals surface area (Å²) >= 11 is 0. The van der Waals surface area contributed by atoms with Crippen LogP contribution in [-0.2, 0) is 11.3 Å². The SMILES string of the molecule is CCN(CC)C(=O)N1CCC(N2CCC[C@@H](C(=O)NCc3cccnc3)C2)CC1. The summed E-state index contributed by atoms with van der Waals surface area (Å²) in [5.41, 5.74) is 1.03. The third kappa shape index (κ3) is 5.69. The van der Waals surface area contributed by atoms with Crippen LogP contribution in [0.3, 0.4) is 0 Å². The van der Waals surface area contributed by atoms with Gasteiger partial charge in [0.05, 0.1) is 5.92 Å². The van der Waals surface area contributed by atoms with Crippen molar-refractivity contribution >= 4 is 11.9 Å². The molecule has 0 saturated carbocycles. The highest BCUT2D eigenvalue weighted by molar-refractivity contribution is 5.79. The number of hydrogen-bond acceptors (Lipinski definition) is 4. The summed E-state index contributed by atoms with van der Waals surface area (Å²) in [4.78, 5) is 35.7. The largest absolute Gasteiger partial charge is 0.352 e. The Morgan fingerprint density at radius 1 is 1.17 bits per heavy atom. The van der Waals surface area contributed by atoms with Gasteiger partial charge in [-0.1, -0.05) is 6.07 Å². The van der Waals surface area contributed by atoms with Crippen LogP contribution >= 0.6 is 0 Å². The molecule has 0 unspecified atom stereocenters. The van der Waals surface area contributed by atoms with Gasteiger partial charge in [0.15, 0.2) is 0 Å². The van der Waals surface area contributed by atoms with Crippen molar-refractivity contribution in [3.8, 4) is 0 Å². The molecule has 2 aliphatic heterocycles. The second kappa shape index (κ2) is 10.6. The maximum absolute atomic E-state index is 12.7. The van der Waals surface area contributed by atoms with Gasteiger partial charge < -0.3 is 15.1 Å². The fourth-order valence-electron chi connectivity index (χ4n) is 4.50. The molecule has 7 nitrogen and oxygen atoms in total. The van der Waals surface area contributed by atoms with Crippen LogP contribution in [0.15, 0.2) is 24.5 Å². The maximum Gasteiger partial charge on any atom is 0.319 e. The van der Waals surface area contributed by atoms with E-state index < -0.39 is 0 Å². The molecule has 3 rings (SSSR count). The number of likely N-dealkylation sites (tertiary alicyclic amines) is 2. The van der Waals surface area contributed by atoms with Gasteiger partial charge >= 0.3 is 6.03 Å². The van der Waals surface area contributed by atoms with E-state index in [1.54, 1.807) is 12.4 Å². The van der Waals surface area contributed by atoms with E-state index in [0.717, 1.165) is 70.5 Å². The minimum atomic E-state index is 0.0516. The lowest BCUT2D eigenvalue weighted by molar-refractivity contribution is -0.127. The molecule has 0 bridgehead atoms. The van der Waals surface area contributed by atoms with Crippen LogP contribution in [0, 0.1) is 5.92 Å². The van der Waals surface area contributed by atoms with Crippen LogP contribution in [0.1, 0.15) is 45.1 Å². The predicted molar refractivity (Wildman–Crippen MR) is 113 cm³/mol. The number of aromatic nitrogens is 1. The summed E-state index contributed by atoms with van der Waals surface area (Å²) in [5, 5.41) is 3.08. The van der Waals surface area contributed by atoms with Crippen LogP contribution in [0.25, 0.3) is 0 Å². The number of nitrogens with zero attached hydrogens (tertiary/aromatic N) is 4. The zero-order valence-electron chi connectivity index (χ0n) is 17.8. The molecule has 2 saturated heterocycles. The smallest absolute Gasteiger partial charge is 0.319 e. The summed E-state index contributed by atoms with van der Waals surface area (Å²) in [6.45, 7) is 9.63. The van der Waals surface area contributed by atoms with Crippen LogP contribution in [0.4, 0.5) is 4.79 Å². The normalized spacial score (nSPS) is 21.0. The molecule has 29 heavy (non-hydrogen) atoms. The van der Waals surface area contributed by atoms with Gasteiger partial charge in [0.1, 0.15) is 0 Å². The van der Waals surface area contributed by atoms with Gasteiger partial charge in [0, 0.05) is 57.7 Å². The van der Waals surface area contributed by atoms with E-state index in [1.807, 2.05) is 35.8 Å². The Morgan fingerprint density at radius 3 is 2.59 bits per heavy atom. The van der Waals surface area contributed by atoms with Crippen molar-refractivity contribution in [3.05, 3.63) is 30.1 Å². The van der Waals surface area contributed by atoms with E-state index in [0.29, 0.717) is 12.6 Å². The summed E-state index contributed by atoms with van der Waals surface area (Å²) in [6.07, 6.45) is 7.54. The van der Waals surface area contributed by atoms with Crippen molar-refractivity contribution in [2.24, 2.45) is 5.92 Å². The van der Waals surface area contributed by atoms with Crippen molar-refractivity contribution in [2.75, 3.05) is 39.3 Å². The van der Waals surface area contributed by atoms with E-state index in [4.69, 9.17) is 0 Å². The average molecular weight is 402 g/mol. The number of pyridine rings is 1. The number of piperidine rings is 2. The Labute approximate surface area is 174 Å². The minimum Gasteiger partial charge on any atom is -0.352 e. The highest BCUT2D eigenvalue weighted by atomic mass is 16.2. The number of rotatable bonds is 6. The number of urea groups is 1. The van der Waals surface area contributed by atoms with Crippen molar-refractivity contribution in [3.63, 3.8) is 0 Å². The summed E-state index contributed by atoms with van der Waals surface area (Å²) in [6, 6.07) is 4.51. The van der Waals surface area contributed by atoms with Crippen molar-refractivity contribution in [2.45, 2.75) is 52.1 Å². The number of nitrogens with one attached hydrogen (secondary N) is 1. The summed E-state index contributed by atoms with van der Waals surface area (Å²) in [5.74, 6) is 0.198.